The Morgan fingerprint density at radius 1 is 1.19 bits per heavy atom. The predicted octanol–water partition coefficient (Wildman–Crippen LogP) is 3.96. The van der Waals surface area contributed by atoms with Gasteiger partial charge in [0.15, 0.2) is 17.3 Å². The third-order valence-corrected chi connectivity index (χ3v) is 6.85. The molecule has 2 heterocycles. The van der Waals surface area contributed by atoms with E-state index < -0.39 is 6.29 Å². The molecule has 1 fully saturated rings. The summed E-state index contributed by atoms with van der Waals surface area (Å²) in [6, 6.07) is 6.16. The quantitative estimate of drug-likeness (QED) is 0.653. The van der Waals surface area contributed by atoms with Crippen LogP contribution in [-0.4, -0.2) is 55.3 Å². The monoisotopic (exact) mass is 445 g/mol. The number of carbonyl (C=O) groups is 1. The number of benzene rings is 1. The first kappa shape index (κ1) is 22.9. The molecule has 0 spiro atoms. The van der Waals surface area contributed by atoms with Gasteiger partial charge in [-0.2, -0.15) is 0 Å². The lowest BCUT2D eigenvalue weighted by molar-refractivity contribution is -0.170. The van der Waals surface area contributed by atoms with Crippen LogP contribution in [0.2, 0.25) is 0 Å². The second kappa shape index (κ2) is 10.6. The van der Waals surface area contributed by atoms with Gasteiger partial charge in [0.25, 0.3) is 5.91 Å². The van der Waals surface area contributed by atoms with Crippen LogP contribution in [0.15, 0.2) is 30.0 Å². The van der Waals surface area contributed by atoms with Gasteiger partial charge in [-0.3, -0.25) is 4.79 Å². The summed E-state index contributed by atoms with van der Waals surface area (Å²) in [5, 5.41) is 9.46. The van der Waals surface area contributed by atoms with Crippen molar-refractivity contribution >= 4 is 5.91 Å². The number of nitrogens with zero attached hydrogens (tertiary/aromatic N) is 1. The fourth-order valence-electron chi connectivity index (χ4n) is 5.07. The summed E-state index contributed by atoms with van der Waals surface area (Å²) in [6.45, 7) is 2.72. The van der Waals surface area contributed by atoms with Gasteiger partial charge in [-0.1, -0.05) is 25.3 Å². The van der Waals surface area contributed by atoms with Gasteiger partial charge < -0.3 is 29.0 Å². The van der Waals surface area contributed by atoms with Gasteiger partial charge in [-0.05, 0) is 56.4 Å². The summed E-state index contributed by atoms with van der Waals surface area (Å²) < 4.78 is 23.2. The number of allylic oxidation sites excluding steroid dienone is 1. The highest BCUT2D eigenvalue weighted by Crippen LogP contribution is 2.43. The van der Waals surface area contributed by atoms with E-state index in [0.29, 0.717) is 24.5 Å². The van der Waals surface area contributed by atoms with E-state index in [1.165, 1.54) is 6.42 Å². The molecule has 1 amide bonds. The Balaban J connectivity index is 1.65. The lowest BCUT2D eigenvalue weighted by atomic mass is 9.80. The fraction of sp³-hybridized carbons (Fsp3) is 0.640. The number of rotatable bonds is 8. The number of carbonyl (C=O) groups excluding carboxylic acids is 1. The molecule has 0 bridgehead atoms. The first-order valence-corrected chi connectivity index (χ1v) is 11.9. The zero-order valence-electron chi connectivity index (χ0n) is 19.1. The maximum atomic E-state index is 13.4. The van der Waals surface area contributed by atoms with E-state index >= 15 is 0 Å². The minimum absolute atomic E-state index is 0.0287. The van der Waals surface area contributed by atoms with Crippen LogP contribution in [0.5, 0.6) is 11.5 Å². The number of ether oxygens (including phenoxy) is 4. The Bertz CT molecular complexity index is 819. The second-order valence-corrected chi connectivity index (χ2v) is 8.85. The van der Waals surface area contributed by atoms with E-state index in [9.17, 15) is 9.90 Å². The number of amides is 1. The topological polar surface area (TPSA) is 77.5 Å². The highest BCUT2D eigenvalue weighted by atomic mass is 16.7. The van der Waals surface area contributed by atoms with E-state index in [2.05, 4.69) is 0 Å². The van der Waals surface area contributed by atoms with Gasteiger partial charge in [0.2, 0.25) is 13.1 Å². The van der Waals surface area contributed by atoms with E-state index in [-0.39, 0.29) is 37.2 Å². The maximum absolute atomic E-state index is 13.4. The summed E-state index contributed by atoms with van der Waals surface area (Å²) >= 11 is 0. The van der Waals surface area contributed by atoms with Crippen molar-refractivity contribution in [2.24, 2.45) is 5.92 Å². The van der Waals surface area contributed by atoms with Crippen molar-refractivity contribution in [3.8, 4) is 11.5 Å². The molecule has 0 saturated heterocycles. The molecule has 1 saturated carbocycles. The zero-order chi connectivity index (χ0) is 22.5. The summed E-state index contributed by atoms with van der Waals surface area (Å²) in [5.74, 6) is 1.57. The Morgan fingerprint density at radius 2 is 1.97 bits per heavy atom. The maximum Gasteiger partial charge on any atom is 0.288 e. The molecule has 1 aromatic rings. The van der Waals surface area contributed by atoms with Crippen molar-refractivity contribution in [3.63, 3.8) is 0 Å². The minimum atomic E-state index is -0.550. The molecule has 1 aliphatic carbocycles. The number of hydrogen-bond acceptors (Lipinski definition) is 6. The summed E-state index contributed by atoms with van der Waals surface area (Å²) in [7, 11) is 1.88. The molecule has 3 aliphatic rings. The zero-order valence-corrected chi connectivity index (χ0v) is 19.1. The van der Waals surface area contributed by atoms with Gasteiger partial charge in [0.1, 0.15) is 0 Å². The van der Waals surface area contributed by atoms with Crippen molar-refractivity contribution in [1.82, 2.24) is 4.90 Å². The number of hydrogen-bond donors (Lipinski definition) is 1. The molecular formula is C25H35NO6. The van der Waals surface area contributed by atoms with Crippen LogP contribution < -0.4 is 9.47 Å². The van der Waals surface area contributed by atoms with Crippen LogP contribution in [0, 0.1) is 5.92 Å². The van der Waals surface area contributed by atoms with Crippen molar-refractivity contribution < 1.29 is 28.8 Å². The lowest BCUT2D eigenvalue weighted by Gasteiger charge is -2.39. The molecule has 0 radical (unpaired) electrons. The normalized spacial score (nSPS) is 25.2. The lowest BCUT2D eigenvalue weighted by Crippen LogP contribution is -2.43. The third kappa shape index (κ3) is 4.89. The molecule has 176 valence electrons. The molecular weight excluding hydrogens is 410 g/mol. The molecule has 1 N–H and O–H groups in total. The van der Waals surface area contributed by atoms with Gasteiger partial charge in [-0.15, -0.1) is 0 Å². The van der Waals surface area contributed by atoms with Crippen LogP contribution in [0.1, 0.15) is 63.4 Å². The number of aliphatic hydroxyl groups excluding tert-OH is 1. The fourth-order valence-corrected chi connectivity index (χ4v) is 5.07. The molecule has 0 aromatic heterocycles. The van der Waals surface area contributed by atoms with Gasteiger partial charge in [0, 0.05) is 38.1 Å². The standard InChI is InChI=1S/C25H35NO6/c1-3-29-25-19(10-7-13-27)20(17-11-12-21-22(14-17)31-16-30-21)15-23(32-25)24(28)26(2)18-8-5-4-6-9-18/h11-12,14-15,18-20,25,27H,3-10,13,16H2,1-2H3/t19-,20-,25-/m1/s1. The summed E-state index contributed by atoms with van der Waals surface area (Å²) in [6.07, 6.45) is 8.38. The van der Waals surface area contributed by atoms with E-state index in [0.717, 1.165) is 43.4 Å². The molecule has 7 nitrogen and oxygen atoms in total. The molecule has 2 aliphatic heterocycles. The largest absolute Gasteiger partial charge is 0.459 e. The molecule has 1 aromatic carbocycles. The van der Waals surface area contributed by atoms with Crippen molar-refractivity contribution in [2.75, 3.05) is 27.1 Å². The van der Waals surface area contributed by atoms with Crippen molar-refractivity contribution in [2.45, 2.75) is 70.1 Å². The van der Waals surface area contributed by atoms with E-state index in [4.69, 9.17) is 18.9 Å². The van der Waals surface area contributed by atoms with Crippen molar-refractivity contribution in [1.29, 1.82) is 0 Å². The average molecular weight is 446 g/mol. The number of aliphatic hydroxyl groups is 1. The summed E-state index contributed by atoms with van der Waals surface area (Å²) in [4.78, 5) is 15.3. The van der Waals surface area contributed by atoms with Crippen LogP contribution in [-0.2, 0) is 14.3 Å². The molecule has 4 rings (SSSR count). The Hall–Kier alpha value is -2.25. The van der Waals surface area contributed by atoms with Crippen molar-refractivity contribution in [3.05, 3.63) is 35.6 Å². The Kier molecular flexibility index (Phi) is 7.58. The highest BCUT2D eigenvalue weighted by molar-refractivity contribution is 5.92. The Labute approximate surface area is 190 Å². The highest BCUT2D eigenvalue weighted by Gasteiger charge is 2.39. The third-order valence-electron chi connectivity index (χ3n) is 6.85. The second-order valence-electron chi connectivity index (χ2n) is 8.85. The molecule has 32 heavy (non-hydrogen) atoms. The number of likely N-dealkylation sites (N-methyl/N-ethyl adjacent to an activating group) is 1. The number of fused-ring (bicyclic) bond motifs is 1. The van der Waals surface area contributed by atoms with Crippen LogP contribution in [0.3, 0.4) is 0 Å². The summed E-state index contributed by atoms with van der Waals surface area (Å²) in [5.41, 5.74) is 1.02. The van der Waals surface area contributed by atoms with Gasteiger partial charge in [0.05, 0.1) is 0 Å². The SMILES string of the molecule is CCO[C@@H]1OC(C(=O)N(C)C2CCCCC2)=C[C@H](c2ccc3c(c2)OCO3)[C@H]1CCCO. The average Bonchev–Trinajstić information content (AvgIpc) is 3.30. The van der Waals surface area contributed by atoms with Crippen LogP contribution >= 0.6 is 0 Å². The smallest absolute Gasteiger partial charge is 0.288 e. The first-order valence-electron chi connectivity index (χ1n) is 11.9. The molecule has 0 unspecified atom stereocenters. The van der Waals surface area contributed by atoms with Gasteiger partial charge in [-0.25, -0.2) is 0 Å². The minimum Gasteiger partial charge on any atom is -0.459 e. The Morgan fingerprint density at radius 3 is 2.72 bits per heavy atom. The van der Waals surface area contributed by atoms with Crippen LogP contribution in [0.25, 0.3) is 0 Å². The van der Waals surface area contributed by atoms with Gasteiger partial charge >= 0.3 is 0 Å². The molecule has 7 heteroatoms. The van der Waals surface area contributed by atoms with E-state index in [1.807, 2.05) is 43.1 Å². The first-order chi connectivity index (χ1) is 15.6. The predicted molar refractivity (Wildman–Crippen MR) is 119 cm³/mol. The molecule has 3 atom stereocenters. The van der Waals surface area contributed by atoms with Crippen LogP contribution in [0.4, 0.5) is 0 Å². The van der Waals surface area contributed by atoms with E-state index in [1.54, 1.807) is 0 Å².